The van der Waals surface area contributed by atoms with Crippen LogP contribution in [0.25, 0.3) is 0 Å². The average Bonchev–Trinajstić information content (AvgIpc) is 1.93. The second kappa shape index (κ2) is 3.64. The average molecular weight is 190 g/mol. The van der Waals surface area contributed by atoms with E-state index in [0.29, 0.717) is 5.69 Å². The molecule has 0 bridgehead atoms. The van der Waals surface area contributed by atoms with E-state index in [1.807, 2.05) is 0 Å². The highest BCUT2D eigenvalue weighted by atomic mass is 35.5. The normalized spacial score (nSPS) is 9.27. The molecular weight excluding hydrogens is 185 g/mol. The Hall–Kier alpha value is -0.670. The predicted octanol–water partition coefficient (Wildman–Crippen LogP) is 2.76. The highest BCUT2D eigenvalue weighted by Crippen LogP contribution is 2.08. The van der Waals surface area contributed by atoms with Crippen LogP contribution in [-0.2, 0) is 0 Å². The van der Waals surface area contributed by atoms with Crippen LogP contribution in [-0.4, -0.2) is 4.45 Å². The number of anilines is 1. The lowest BCUT2D eigenvalue weighted by Crippen LogP contribution is -1.99. The predicted molar refractivity (Wildman–Crippen MR) is 48.5 cm³/mol. The summed E-state index contributed by atoms with van der Waals surface area (Å²) in [5.74, 6) is -0.281. The van der Waals surface area contributed by atoms with Gasteiger partial charge in [0.15, 0.2) is 4.45 Å². The lowest BCUT2D eigenvalue weighted by molar-refractivity contribution is 0.628. The van der Waals surface area contributed by atoms with E-state index in [4.69, 9.17) is 11.6 Å². The van der Waals surface area contributed by atoms with E-state index in [1.165, 1.54) is 12.1 Å². The van der Waals surface area contributed by atoms with Gasteiger partial charge in [0.1, 0.15) is 5.82 Å². The third-order valence-corrected chi connectivity index (χ3v) is 1.28. The van der Waals surface area contributed by atoms with E-state index in [2.05, 4.69) is 17.5 Å². The van der Waals surface area contributed by atoms with Gasteiger partial charge in [-0.25, -0.2) is 4.39 Å². The number of hydrogen-bond acceptors (Lipinski definition) is 1. The number of hydrogen-bond donors (Lipinski definition) is 1. The molecule has 0 aromatic heterocycles. The molecule has 1 nitrogen and oxygen atoms in total. The summed E-state index contributed by atoms with van der Waals surface area (Å²) in [6.45, 7) is 0. The quantitative estimate of drug-likeness (QED) is 0.414. The summed E-state index contributed by atoms with van der Waals surface area (Å²) in [7, 11) is 0. The first-order chi connectivity index (χ1) is 5.18. The summed E-state index contributed by atoms with van der Waals surface area (Å²) in [6.07, 6.45) is 0. The molecule has 0 fully saturated rings. The van der Waals surface area contributed by atoms with E-state index >= 15 is 0 Å². The molecule has 4 heteroatoms. The third kappa shape index (κ3) is 2.82. The monoisotopic (exact) mass is 189 g/mol. The van der Waals surface area contributed by atoms with E-state index in [0.717, 1.165) is 0 Å². The van der Waals surface area contributed by atoms with Gasteiger partial charge in [0.2, 0.25) is 0 Å². The molecule has 0 radical (unpaired) electrons. The standard InChI is InChI=1S/C7H5ClFNS/c8-7(11)10-6-3-1-5(9)2-4-6/h1-4H,(H,10,11). The number of benzene rings is 1. The molecule has 58 valence electrons. The maximum absolute atomic E-state index is 12.3. The fourth-order valence-electron chi connectivity index (χ4n) is 0.647. The number of nitrogens with one attached hydrogen (secondary N) is 1. The molecule has 0 amide bonds. The first kappa shape index (κ1) is 8.43. The van der Waals surface area contributed by atoms with E-state index in [-0.39, 0.29) is 10.3 Å². The highest BCUT2D eigenvalue weighted by Gasteiger charge is 1.93. The van der Waals surface area contributed by atoms with Crippen molar-refractivity contribution < 1.29 is 4.39 Å². The maximum atomic E-state index is 12.3. The van der Waals surface area contributed by atoms with Crippen LogP contribution < -0.4 is 5.32 Å². The Balaban J connectivity index is 2.74. The van der Waals surface area contributed by atoms with Gasteiger partial charge in [0.25, 0.3) is 0 Å². The molecule has 0 unspecified atom stereocenters. The number of thiocarbonyl (C=S) groups is 1. The maximum Gasteiger partial charge on any atom is 0.171 e. The van der Waals surface area contributed by atoms with Gasteiger partial charge in [-0.15, -0.1) is 0 Å². The van der Waals surface area contributed by atoms with E-state index in [9.17, 15) is 4.39 Å². The van der Waals surface area contributed by atoms with Crippen LogP contribution in [0.5, 0.6) is 0 Å². The zero-order chi connectivity index (χ0) is 8.27. The van der Waals surface area contributed by atoms with Crippen LogP contribution in [0.4, 0.5) is 10.1 Å². The van der Waals surface area contributed by atoms with E-state index < -0.39 is 0 Å². The molecule has 1 aromatic rings. The third-order valence-electron chi connectivity index (χ3n) is 1.09. The summed E-state index contributed by atoms with van der Waals surface area (Å²) in [5, 5.41) is 2.66. The van der Waals surface area contributed by atoms with Crippen molar-refractivity contribution in [2.75, 3.05) is 5.32 Å². The summed E-state index contributed by atoms with van der Waals surface area (Å²) in [4.78, 5) is 0. The van der Waals surface area contributed by atoms with Crippen molar-refractivity contribution in [1.29, 1.82) is 0 Å². The molecule has 0 aliphatic heterocycles. The van der Waals surface area contributed by atoms with Crippen LogP contribution in [0.15, 0.2) is 24.3 Å². The number of rotatable bonds is 1. The lowest BCUT2D eigenvalue weighted by Gasteiger charge is -2.00. The molecule has 1 aromatic carbocycles. The molecule has 0 heterocycles. The van der Waals surface area contributed by atoms with Crippen molar-refractivity contribution in [1.82, 2.24) is 0 Å². The minimum atomic E-state index is -0.281. The Morgan fingerprint density at radius 1 is 1.36 bits per heavy atom. The smallest absolute Gasteiger partial charge is 0.171 e. The van der Waals surface area contributed by atoms with Gasteiger partial charge >= 0.3 is 0 Å². The Morgan fingerprint density at radius 3 is 2.36 bits per heavy atom. The van der Waals surface area contributed by atoms with Gasteiger partial charge in [-0.3, -0.25) is 0 Å². The van der Waals surface area contributed by atoms with Crippen LogP contribution in [0.1, 0.15) is 0 Å². The van der Waals surface area contributed by atoms with Gasteiger partial charge in [-0.05, 0) is 36.5 Å². The summed E-state index contributed by atoms with van der Waals surface area (Å²) < 4.78 is 12.5. The van der Waals surface area contributed by atoms with Crippen molar-refractivity contribution in [2.24, 2.45) is 0 Å². The Morgan fingerprint density at radius 2 is 1.91 bits per heavy atom. The molecule has 0 atom stereocenters. The minimum Gasteiger partial charge on any atom is -0.337 e. The van der Waals surface area contributed by atoms with Crippen molar-refractivity contribution >= 4 is 34.0 Å². The molecule has 1 N–H and O–H groups in total. The number of halogens is 2. The van der Waals surface area contributed by atoms with Crippen LogP contribution in [0, 0.1) is 5.82 Å². The van der Waals surface area contributed by atoms with Crippen molar-refractivity contribution in [3.63, 3.8) is 0 Å². The molecule has 0 aliphatic carbocycles. The van der Waals surface area contributed by atoms with Gasteiger partial charge in [-0.1, -0.05) is 11.6 Å². The summed E-state index contributed by atoms with van der Waals surface area (Å²) in [6, 6.07) is 5.78. The Kier molecular flexibility index (Phi) is 2.79. The van der Waals surface area contributed by atoms with Crippen molar-refractivity contribution in [2.45, 2.75) is 0 Å². The van der Waals surface area contributed by atoms with Crippen molar-refractivity contribution in [3.05, 3.63) is 30.1 Å². The topological polar surface area (TPSA) is 12.0 Å². The molecule has 0 saturated heterocycles. The summed E-state index contributed by atoms with van der Waals surface area (Å²) in [5.41, 5.74) is 0.686. The van der Waals surface area contributed by atoms with Gasteiger partial charge in [-0.2, -0.15) is 0 Å². The Labute approximate surface area is 74.2 Å². The first-order valence-electron chi connectivity index (χ1n) is 2.90. The van der Waals surface area contributed by atoms with Crippen LogP contribution >= 0.6 is 23.8 Å². The Bertz CT molecular complexity index is 260. The zero-order valence-corrected chi connectivity index (χ0v) is 7.05. The van der Waals surface area contributed by atoms with Crippen LogP contribution in [0.3, 0.4) is 0 Å². The fraction of sp³-hybridized carbons (Fsp3) is 0. The van der Waals surface area contributed by atoms with E-state index in [1.54, 1.807) is 12.1 Å². The zero-order valence-electron chi connectivity index (χ0n) is 5.47. The highest BCUT2D eigenvalue weighted by molar-refractivity contribution is 7.83. The summed E-state index contributed by atoms with van der Waals surface area (Å²) >= 11 is 9.95. The van der Waals surface area contributed by atoms with Crippen molar-refractivity contribution in [3.8, 4) is 0 Å². The molecule has 0 spiro atoms. The van der Waals surface area contributed by atoms with Gasteiger partial charge in [0, 0.05) is 5.69 Å². The van der Waals surface area contributed by atoms with Gasteiger partial charge in [0.05, 0.1) is 0 Å². The molecule has 1 rings (SSSR count). The first-order valence-corrected chi connectivity index (χ1v) is 3.69. The second-order valence-corrected chi connectivity index (χ2v) is 2.92. The van der Waals surface area contributed by atoms with Gasteiger partial charge < -0.3 is 5.32 Å². The second-order valence-electron chi connectivity index (χ2n) is 1.91. The molecule has 0 aliphatic rings. The SMILES string of the molecule is Fc1ccc(NC(=S)Cl)cc1. The lowest BCUT2D eigenvalue weighted by atomic mass is 10.3. The molecule has 11 heavy (non-hydrogen) atoms. The van der Waals surface area contributed by atoms with Crippen LogP contribution in [0.2, 0.25) is 0 Å². The largest absolute Gasteiger partial charge is 0.337 e. The fourth-order valence-corrected chi connectivity index (χ4v) is 0.874. The minimum absolute atomic E-state index is 0.150. The molecular formula is C7H5ClFNS. The molecule has 0 saturated carbocycles.